The number of rotatable bonds is 1. The number of hydrogen-bond donors (Lipinski definition) is 0. The van der Waals surface area contributed by atoms with Gasteiger partial charge in [0.15, 0.2) is 0 Å². The van der Waals surface area contributed by atoms with Gasteiger partial charge in [0.1, 0.15) is 6.61 Å². The van der Waals surface area contributed by atoms with Gasteiger partial charge in [0, 0.05) is 6.20 Å². The Kier molecular flexibility index (Phi) is 2.32. The molecule has 1 rings (SSSR count). The van der Waals surface area contributed by atoms with Crippen LogP contribution in [0.2, 0.25) is 0 Å². The van der Waals surface area contributed by atoms with Crippen LogP contribution in [-0.2, 0) is 4.74 Å². The summed E-state index contributed by atoms with van der Waals surface area (Å²) in [6.07, 6.45) is 1.46. The second-order valence-corrected chi connectivity index (χ2v) is 2.30. The molecule has 0 bridgehead atoms. The van der Waals surface area contributed by atoms with E-state index in [9.17, 15) is 4.79 Å². The first-order valence-corrected chi connectivity index (χ1v) is 3.79. The van der Waals surface area contributed by atoms with E-state index in [0.29, 0.717) is 13.2 Å². The molecule has 1 aliphatic heterocycles. The summed E-state index contributed by atoms with van der Waals surface area (Å²) in [7, 11) is 0. The third kappa shape index (κ3) is 1.57. The molecule has 0 aromatic heterocycles. The van der Waals surface area contributed by atoms with Crippen LogP contribution in [0.3, 0.4) is 0 Å². The standard InChI is InChI=1S/C5H6INO2/c6-1-2-7-3-4-9-5(7)8/h1-2H,3-4H2/b2-1+. The van der Waals surface area contributed by atoms with Gasteiger partial charge in [-0.3, -0.25) is 4.90 Å². The molecule has 0 aromatic rings. The average molecular weight is 239 g/mol. The van der Waals surface area contributed by atoms with Gasteiger partial charge in [-0.05, 0) is 4.08 Å². The minimum Gasteiger partial charge on any atom is -0.447 e. The molecule has 0 radical (unpaired) electrons. The van der Waals surface area contributed by atoms with Crippen molar-refractivity contribution in [3.8, 4) is 0 Å². The minimum absolute atomic E-state index is 0.247. The lowest BCUT2D eigenvalue weighted by Gasteiger charge is -2.01. The Morgan fingerprint density at radius 1 is 1.78 bits per heavy atom. The summed E-state index contributed by atoms with van der Waals surface area (Å²) in [5.41, 5.74) is 0. The SMILES string of the molecule is O=C1OCCN1/C=C/I. The summed E-state index contributed by atoms with van der Waals surface area (Å²) in [4.78, 5) is 12.1. The molecule has 0 saturated carbocycles. The Morgan fingerprint density at radius 3 is 3.00 bits per heavy atom. The number of cyclic esters (lactones) is 1. The number of ether oxygens (including phenoxy) is 1. The van der Waals surface area contributed by atoms with Crippen LogP contribution in [-0.4, -0.2) is 24.1 Å². The van der Waals surface area contributed by atoms with Gasteiger partial charge < -0.3 is 4.74 Å². The van der Waals surface area contributed by atoms with E-state index >= 15 is 0 Å². The van der Waals surface area contributed by atoms with Crippen molar-refractivity contribution in [2.75, 3.05) is 13.2 Å². The molecule has 0 aromatic carbocycles. The van der Waals surface area contributed by atoms with E-state index < -0.39 is 0 Å². The molecule has 4 heteroatoms. The van der Waals surface area contributed by atoms with Gasteiger partial charge in [0.05, 0.1) is 6.54 Å². The minimum atomic E-state index is -0.247. The maximum absolute atomic E-state index is 10.6. The summed E-state index contributed by atoms with van der Waals surface area (Å²) in [5, 5.41) is 0. The fourth-order valence-corrected chi connectivity index (χ4v) is 0.997. The lowest BCUT2D eigenvalue weighted by atomic mass is 10.6. The molecular weight excluding hydrogens is 233 g/mol. The zero-order valence-corrected chi connectivity index (χ0v) is 6.87. The van der Waals surface area contributed by atoms with E-state index in [1.54, 1.807) is 10.3 Å². The zero-order valence-electron chi connectivity index (χ0n) is 4.71. The Bertz CT molecular complexity index is 146. The molecule has 0 spiro atoms. The van der Waals surface area contributed by atoms with Gasteiger partial charge in [0.2, 0.25) is 0 Å². The highest BCUT2D eigenvalue weighted by molar-refractivity contribution is 14.1. The van der Waals surface area contributed by atoms with Crippen molar-refractivity contribution in [1.82, 2.24) is 4.90 Å². The van der Waals surface area contributed by atoms with Crippen molar-refractivity contribution in [2.45, 2.75) is 0 Å². The number of amides is 1. The molecule has 9 heavy (non-hydrogen) atoms. The van der Waals surface area contributed by atoms with Crippen molar-refractivity contribution >= 4 is 28.7 Å². The number of hydrogen-bond acceptors (Lipinski definition) is 2. The quantitative estimate of drug-likeness (QED) is 0.646. The maximum Gasteiger partial charge on any atom is 0.413 e. The molecule has 0 unspecified atom stereocenters. The smallest absolute Gasteiger partial charge is 0.413 e. The van der Waals surface area contributed by atoms with Crippen molar-refractivity contribution in [2.24, 2.45) is 0 Å². The summed E-state index contributed by atoms with van der Waals surface area (Å²) in [6, 6.07) is 0. The number of halogens is 1. The van der Waals surface area contributed by atoms with E-state index in [1.807, 2.05) is 0 Å². The predicted octanol–water partition coefficient (Wildman–Crippen LogP) is 1.34. The molecule has 0 aliphatic carbocycles. The number of carbonyl (C=O) groups is 1. The van der Waals surface area contributed by atoms with Crippen LogP contribution >= 0.6 is 22.6 Å². The van der Waals surface area contributed by atoms with Gasteiger partial charge in [0.25, 0.3) is 0 Å². The van der Waals surface area contributed by atoms with Gasteiger partial charge in [-0.2, -0.15) is 0 Å². The third-order valence-electron chi connectivity index (χ3n) is 1.03. The fourth-order valence-electron chi connectivity index (χ4n) is 0.609. The maximum atomic E-state index is 10.6. The monoisotopic (exact) mass is 239 g/mol. The highest BCUT2D eigenvalue weighted by atomic mass is 127. The molecule has 50 valence electrons. The second kappa shape index (κ2) is 3.05. The largest absolute Gasteiger partial charge is 0.447 e. The Hall–Kier alpha value is -0.260. The zero-order chi connectivity index (χ0) is 6.69. The van der Waals surface area contributed by atoms with Crippen LogP contribution in [0.4, 0.5) is 4.79 Å². The molecule has 1 fully saturated rings. The second-order valence-electron chi connectivity index (χ2n) is 1.58. The van der Waals surface area contributed by atoms with Crippen molar-refractivity contribution < 1.29 is 9.53 Å². The summed E-state index contributed by atoms with van der Waals surface area (Å²) >= 11 is 2.06. The van der Waals surface area contributed by atoms with E-state index in [2.05, 4.69) is 27.3 Å². The molecule has 3 nitrogen and oxygen atoms in total. The Labute approximate surface area is 66.8 Å². The number of carbonyl (C=O) groups excluding carboxylic acids is 1. The number of nitrogens with zero attached hydrogens (tertiary/aromatic N) is 1. The Morgan fingerprint density at radius 2 is 2.56 bits per heavy atom. The van der Waals surface area contributed by atoms with Crippen LogP contribution in [0, 0.1) is 0 Å². The van der Waals surface area contributed by atoms with Crippen LogP contribution in [0.1, 0.15) is 0 Å². The lowest BCUT2D eigenvalue weighted by molar-refractivity contribution is 0.166. The van der Waals surface area contributed by atoms with E-state index in [1.165, 1.54) is 4.90 Å². The molecule has 1 saturated heterocycles. The first kappa shape index (κ1) is 6.85. The summed E-state index contributed by atoms with van der Waals surface area (Å²) < 4.78 is 6.43. The predicted molar refractivity (Wildman–Crippen MR) is 41.2 cm³/mol. The highest BCUT2D eigenvalue weighted by Crippen LogP contribution is 2.03. The Balaban J connectivity index is 2.49. The molecule has 1 heterocycles. The highest BCUT2D eigenvalue weighted by Gasteiger charge is 2.18. The van der Waals surface area contributed by atoms with Gasteiger partial charge in [-0.15, -0.1) is 0 Å². The van der Waals surface area contributed by atoms with Crippen LogP contribution in [0.25, 0.3) is 0 Å². The van der Waals surface area contributed by atoms with E-state index in [4.69, 9.17) is 0 Å². The van der Waals surface area contributed by atoms with Crippen molar-refractivity contribution in [1.29, 1.82) is 0 Å². The van der Waals surface area contributed by atoms with Crippen LogP contribution in [0.15, 0.2) is 10.3 Å². The van der Waals surface area contributed by atoms with Crippen molar-refractivity contribution in [3.63, 3.8) is 0 Å². The normalized spacial score (nSPS) is 19.2. The third-order valence-corrected chi connectivity index (χ3v) is 1.35. The summed E-state index contributed by atoms with van der Waals surface area (Å²) in [6.45, 7) is 1.19. The molecule has 0 N–H and O–H groups in total. The molecular formula is C5H6INO2. The van der Waals surface area contributed by atoms with Crippen LogP contribution in [0.5, 0.6) is 0 Å². The molecule has 0 atom stereocenters. The van der Waals surface area contributed by atoms with Gasteiger partial charge in [-0.1, -0.05) is 22.6 Å². The first-order valence-electron chi connectivity index (χ1n) is 2.55. The fraction of sp³-hybridized carbons (Fsp3) is 0.400. The summed E-state index contributed by atoms with van der Waals surface area (Å²) in [5.74, 6) is 0. The van der Waals surface area contributed by atoms with Gasteiger partial charge >= 0.3 is 6.09 Å². The molecule has 1 aliphatic rings. The average Bonchev–Trinajstić information content (AvgIpc) is 2.18. The van der Waals surface area contributed by atoms with E-state index in [0.717, 1.165) is 0 Å². The van der Waals surface area contributed by atoms with Crippen LogP contribution < -0.4 is 0 Å². The van der Waals surface area contributed by atoms with Crippen molar-refractivity contribution in [3.05, 3.63) is 10.3 Å². The van der Waals surface area contributed by atoms with Gasteiger partial charge in [-0.25, -0.2) is 4.79 Å². The molecule has 1 amide bonds. The lowest BCUT2D eigenvalue weighted by Crippen LogP contribution is -2.16. The van der Waals surface area contributed by atoms with E-state index in [-0.39, 0.29) is 6.09 Å². The topological polar surface area (TPSA) is 29.5 Å². The first-order chi connectivity index (χ1) is 4.34.